The van der Waals surface area contributed by atoms with Gasteiger partial charge in [-0.1, -0.05) is 13.8 Å². The van der Waals surface area contributed by atoms with Crippen molar-refractivity contribution in [2.75, 3.05) is 13.1 Å². The summed E-state index contributed by atoms with van der Waals surface area (Å²) in [5, 5.41) is 16.8. The minimum atomic E-state index is -1.06. The molecule has 0 aromatic rings. The van der Waals surface area contributed by atoms with Gasteiger partial charge in [-0.3, -0.25) is 14.9 Å². The number of amides is 3. The third-order valence-corrected chi connectivity index (χ3v) is 3.71. The SMILES string of the molecule is CC(C)CNC(=O)NC(=O)CNC(C)(C)C(C)(C)C(=O)O. The van der Waals surface area contributed by atoms with Gasteiger partial charge in [-0.05, 0) is 33.6 Å². The zero-order valence-corrected chi connectivity index (χ0v) is 13.7. The first-order valence-electron chi connectivity index (χ1n) is 6.96. The second-order valence-electron chi connectivity index (χ2n) is 6.56. The molecule has 0 aromatic carbocycles. The second-order valence-corrected chi connectivity index (χ2v) is 6.56. The van der Waals surface area contributed by atoms with Crippen molar-refractivity contribution < 1.29 is 19.5 Å². The van der Waals surface area contributed by atoms with E-state index in [-0.39, 0.29) is 6.54 Å². The van der Waals surface area contributed by atoms with Crippen molar-refractivity contribution >= 4 is 17.9 Å². The average molecular weight is 301 g/mol. The van der Waals surface area contributed by atoms with Gasteiger partial charge in [0.2, 0.25) is 5.91 Å². The molecule has 0 fully saturated rings. The Balaban J connectivity index is 4.36. The summed E-state index contributed by atoms with van der Waals surface area (Å²) < 4.78 is 0. The topological polar surface area (TPSA) is 108 Å². The number of urea groups is 1. The molecule has 21 heavy (non-hydrogen) atoms. The van der Waals surface area contributed by atoms with Crippen LogP contribution in [-0.4, -0.2) is 41.6 Å². The maximum atomic E-state index is 11.7. The fourth-order valence-corrected chi connectivity index (χ4v) is 1.30. The van der Waals surface area contributed by atoms with Crippen molar-refractivity contribution in [2.24, 2.45) is 11.3 Å². The molecule has 3 amide bonds. The molecule has 7 heteroatoms. The van der Waals surface area contributed by atoms with E-state index < -0.39 is 28.9 Å². The average Bonchev–Trinajstić information content (AvgIpc) is 2.33. The Kier molecular flexibility index (Phi) is 6.82. The van der Waals surface area contributed by atoms with Gasteiger partial charge in [-0.25, -0.2) is 4.79 Å². The van der Waals surface area contributed by atoms with E-state index in [1.54, 1.807) is 27.7 Å². The molecule has 0 rings (SSSR count). The van der Waals surface area contributed by atoms with Crippen LogP contribution in [0.15, 0.2) is 0 Å². The Morgan fingerprint density at radius 1 is 1.10 bits per heavy atom. The lowest BCUT2D eigenvalue weighted by molar-refractivity contribution is -0.151. The highest BCUT2D eigenvalue weighted by atomic mass is 16.4. The normalized spacial score (nSPS) is 12.1. The number of carbonyl (C=O) groups is 3. The first kappa shape index (κ1) is 19.4. The number of rotatable bonds is 7. The van der Waals surface area contributed by atoms with E-state index in [2.05, 4.69) is 16.0 Å². The zero-order valence-electron chi connectivity index (χ0n) is 13.7. The van der Waals surface area contributed by atoms with Gasteiger partial charge in [0.15, 0.2) is 0 Å². The molecule has 0 atom stereocenters. The van der Waals surface area contributed by atoms with Crippen molar-refractivity contribution in [3.8, 4) is 0 Å². The summed E-state index contributed by atoms with van der Waals surface area (Å²) in [5.74, 6) is -1.18. The lowest BCUT2D eigenvalue weighted by atomic mass is 9.74. The molecule has 0 bridgehead atoms. The summed E-state index contributed by atoms with van der Waals surface area (Å²) in [6, 6.07) is -0.550. The lowest BCUT2D eigenvalue weighted by Gasteiger charge is -2.38. The number of carbonyl (C=O) groups excluding carboxylic acids is 2. The number of carboxylic acids is 1. The van der Waals surface area contributed by atoms with E-state index in [1.807, 2.05) is 13.8 Å². The highest BCUT2D eigenvalue weighted by molar-refractivity contribution is 5.95. The van der Waals surface area contributed by atoms with Crippen molar-refractivity contribution in [1.29, 1.82) is 0 Å². The molecule has 0 unspecified atom stereocenters. The monoisotopic (exact) mass is 301 g/mol. The molecule has 0 saturated carbocycles. The van der Waals surface area contributed by atoms with E-state index in [0.717, 1.165) is 0 Å². The van der Waals surface area contributed by atoms with Crippen LogP contribution in [0.4, 0.5) is 4.79 Å². The fourth-order valence-electron chi connectivity index (χ4n) is 1.30. The molecule has 0 saturated heterocycles. The Morgan fingerprint density at radius 2 is 1.62 bits per heavy atom. The van der Waals surface area contributed by atoms with Gasteiger partial charge >= 0.3 is 12.0 Å². The maximum absolute atomic E-state index is 11.7. The lowest BCUT2D eigenvalue weighted by Crippen LogP contribution is -2.57. The highest BCUT2D eigenvalue weighted by Gasteiger charge is 2.43. The van der Waals surface area contributed by atoms with Gasteiger partial charge < -0.3 is 15.7 Å². The predicted octanol–water partition coefficient (Wildman–Crippen LogP) is 0.947. The smallest absolute Gasteiger partial charge is 0.321 e. The molecular formula is C14H27N3O4. The highest BCUT2D eigenvalue weighted by Crippen LogP contribution is 2.30. The minimum absolute atomic E-state index is 0.140. The van der Waals surface area contributed by atoms with Gasteiger partial charge in [0.05, 0.1) is 12.0 Å². The summed E-state index contributed by atoms with van der Waals surface area (Å²) in [4.78, 5) is 34.3. The molecule has 0 spiro atoms. The number of aliphatic carboxylic acids is 1. The van der Waals surface area contributed by atoms with Crippen molar-refractivity contribution in [1.82, 2.24) is 16.0 Å². The maximum Gasteiger partial charge on any atom is 0.321 e. The first-order valence-corrected chi connectivity index (χ1v) is 6.96. The van der Waals surface area contributed by atoms with E-state index in [4.69, 9.17) is 0 Å². The summed E-state index contributed by atoms with van der Waals surface area (Å²) in [6.07, 6.45) is 0. The van der Waals surface area contributed by atoms with Gasteiger partial charge in [-0.15, -0.1) is 0 Å². The minimum Gasteiger partial charge on any atom is -0.481 e. The first-order chi connectivity index (χ1) is 9.40. The Hall–Kier alpha value is -1.63. The van der Waals surface area contributed by atoms with Gasteiger partial charge in [-0.2, -0.15) is 0 Å². The molecule has 7 nitrogen and oxygen atoms in total. The molecule has 0 heterocycles. The summed E-state index contributed by atoms with van der Waals surface area (Å²) >= 11 is 0. The van der Waals surface area contributed by atoms with Crippen LogP contribution in [-0.2, 0) is 9.59 Å². The predicted molar refractivity (Wildman–Crippen MR) is 79.9 cm³/mol. The Morgan fingerprint density at radius 3 is 2.05 bits per heavy atom. The standard InChI is InChI=1S/C14H27N3O4/c1-9(2)7-15-12(21)17-10(18)8-16-14(5,6)13(3,4)11(19)20/h9,16H,7-8H2,1-6H3,(H,19,20)(H2,15,17,18,21). The number of nitrogens with one attached hydrogen (secondary N) is 3. The van der Waals surface area contributed by atoms with Crippen LogP contribution in [0.3, 0.4) is 0 Å². The summed E-state index contributed by atoms with van der Waals surface area (Å²) in [7, 11) is 0. The molecule has 0 aromatic heterocycles. The summed E-state index contributed by atoms with van der Waals surface area (Å²) in [5.41, 5.74) is -1.88. The number of hydrogen-bond acceptors (Lipinski definition) is 4. The van der Waals surface area contributed by atoms with Gasteiger partial charge in [0.1, 0.15) is 0 Å². The van der Waals surface area contributed by atoms with E-state index in [9.17, 15) is 19.5 Å². The van der Waals surface area contributed by atoms with Crippen molar-refractivity contribution in [3.05, 3.63) is 0 Å². The van der Waals surface area contributed by atoms with Crippen LogP contribution in [0, 0.1) is 11.3 Å². The molecule has 0 aliphatic heterocycles. The van der Waals surface area contributed by atoms with E-state index >= 15 is 0 Å². The fraction of sp³-hybridized carbons (Fsp3) is 0.786. The van der Waals surface area contributed by atoms with Crippen LogP contribution in [0.2, 0.25) is 0 Å². The third kappa shape index (κ3) is 6.12. The molecule has 122 valence electrons. The van der Waals surface area contributed by atoms with Crippen molar-refractivity contribution in [2.45, 2.75) is 47.1 Å². The zero-order chi connectivity index (χ0) is 16.8. The molecule has 0 aliphatic rings. The molecule has 0 aliphatic carbocycles. The largest absolute Gasteiger partial charge is 0.481 e. The Labute approximate surface area is 125 Å². The van der Waals surface area contributed by atoms with Crippen LogP contribution in [0.1, 0.15) is 41.5 Å². The quantitative estimate of drug-likeness (QED) is 0.560. The van der Waals surface area contributed by atoms with Gasteiger partial charge in [0.25, 0.3) is 0 Å². The molecule has 0 radical (unpaired) electrons. The third-order valence-electron chi connectivity index (χ3n) is 3.71. The number of imide groups is 1. The summed E-state index contributed by atoms with van der Waals surface area (Å²) in [6.45, 7) is 10.8. The van der Waals surface area contributed by atoms with Gasteiger partial charge in [0, 0.05) is 12.1 Å². The number of carboxylic acid groups (broad SMARTS) is 1. The molecule has 4 N–H and O–H groups in total. The molecular weight excluding hydrogens is 274 g/mol. The second kappa shape index (κ2) is 7.40. The van der Waals surface area contributed by atoms with E-state index in [0.29, 0.717) is 12.5 Å². The van der Waals surface area contributed by atoms with E-state index in [1.165, 1.54) is 0 Å². The number of hydrogen-bond donors (Lipinski definition) is 4. The van der Waals surface area contributed by atoms with Crippen LogP contribution in [0.25, 0.3) is 0 Å². The van der Waals surface area contributed by atoms with Crippen LogP contribution < -0.4 is 16.0 Å². The van der Waals surface area contributed by atoms with Crippen LogP contribution >= 0.6 is 0 Å². The Bertz CT molecular complexity index is 403. The van der Waals surface area contributed by atoms with Crippen LogP contribution in [0.5, 0.6) is 0 Å². The van der Waals surface area contributed by atoms with Crippen molar-refractivity contribution in [3.63, 3.8) is 0 Å².